The highest BCUT2D eigenvalue weighted by atomic mass is 32.1. The van der Waals surface area contributed by atoms with Crippen LogP contribution in [0, 0.1) is 5.41 Å². The summed E-state index contributed by atoms with van der Waals surface area (Å²) in [6.45, 7) is 5.52. The van der Waals surface area contributed by atoms with Gasteiger partial charge < -0.3 is 29.8 Å². The van der Waals surface area contributed by atoms with E-state index in [-0.39, 0.29) is 17.5 Å². The average molecular weight is 571 g/mol. The molecular formula is C31H30N4O5S. The standard InChI is InChI=1S/C31H30N4O5S/c1-31(2,3)29(38)33-21-13-12-18(17-25(21)39-4)35-27(26(34-30(35)41)22-11-7-8-16-32-22)24-15-14-23(40-24)19-9-5-6-10-20(19)28(36)37/h5-17,26-27H,1-4H3,(H,33,38)(H,34,41)(H,36,37)/t26-,27+/m0/s1. The Balaban J connectivity index is 1.58. The zero-order valence-electron chi connectivity index (χ0n) is 23.0. The van der Waals surface area contributed by atoms with Crippen LogP contribution in [0.2, 0.25) is 0 Å². The minimum atomic E-state index is -1.04. The van der Waals surface area contributed by atoms with Gasteiger partial charge in [-0.05, 0) is 54.7 Å². The van der Waals surface area contributed by atoms with Crippen LogP contribution in [0.5, 0.6) is 5.75 Å². The van der Waals surface area contributed by atoms with Crippen LogP contribution in [0.15, 0.2) is 83.4 Å². The van der Waals surface area contributed by atoms with Crippen LogP contribution in [0.4, 0.5) is 11.4 Å². The highest BCUT2D eigenvalue weighted by Gasteiger charge is 2.43. The Labute approximate surface area is 243 Å². The van der Waals surface area contributed by atoms with Crippen LogP contribution in [-0.4, -0.2) is 34.2 Å². The van der Waals surface area contributed by atoms with Crippen molar-refractivity contribution in [2.24, 2.45) is 5.41 Å². The maximum Gasteiger partial charge on any atom is 0.336 e. The first-order chi connectivity index (χ1) is 19.6. The Morgan fingerprint density at radius 3 is 2.51 bits per heavy atom. The fourth-order valence-electron chi connectivity index (χ4n) is 4.71. The first-order valence-corrected chi connectivity index (χ1v) is 13.4. The molecular weight excluding hydrogens is 540 g/mol. The summed E-state index contributed by atoms with van der Waals surface area (Å²) in [5.74, 6) is 0.278. The normalized spacial score (nSPS) is 16.8. The number of pyridine rings is 1. The van der Waals surface area contributed by atoms with Crippen molar-refractivity contribution in [2.45, 2.75) is 32.9 Å². The van der Waals surface area contributed by atoms with E-state index in [1.165, 1.54) is 0 Å². The van der Waals surface area contributed by atoms with Gasteiger partial charge in [0.05, 0.1) is 30.1 Å². The second-order valence-corrected chi connectivity index (χ2v) is 11.0. The molecule has 1 aliphatic heterocycles. The molecule has 0 radical (unpaired) electrons. The highest BCUT2D eigenvalue weighted by molar-refractivity contribution is 7.80. The van der Waals surface area contributed by atoms with Crippen LogP contribution in [0.3, 0.4) is 0 Å². The summed E-state index contributed by atoms with van der Waals surface area (Å²) in [5, 5.41) is 16.5. The lowest BCUT2D eigenvalue weighted by Gasteiger charge is -2.27. The zero-order valence-corrected chi connectivity index (χ0v) is 23.9. The number of furan rings is 1. The monoisotopic (exact) mass is 570 g/mol. The van der Waals surface area contributed by atoms with Crippen molar-refractivity contribution in [3.8, 4) is 17.1 Å². The molecule has 5 rings (SSSR count). The summed E-state index contributed by atoms with van der Waals surface area (Å²) in [6.07, 6.45) is 1.71. The van der Waals surface area contributed by atoms with Crippen molar-refractivity contribution in [3.63, 3.8) is 0 Å². The Bertz CT molecular complexity index is 1610. The maximum absolute atomic E-state index is 12.7. The lowest BCUT2D eigenvalue weighted by atomic mass is 9.95. The average Bonchev–Trinajstić information content (AvgIpc) is 3.58. The maximum atomic E-state index is 12.7. The van der Waals surface area contributed by atoms with Crippen LogP contribution in [0.25, 0.3) is 11.3 Å². The van der Waals surface area contributed by atoms with E-state index in [0.29, 0.717) is 39.3 Å². The summed E-state index contributed by atoms with van der Waals surface area (Å²) < 4.78 is 12.0. The number of aromatic nitrogens is 1. The van der Waals surface area contributed by atoms with Gasteiger partial charge >= 0.3 is 5.97 Å². The molecule has 41 heavy (non-hydrogen) atoms. The van der Waals surface area contributed by atoms with Crippen molar-refractivity contribution >= 4 is 40.6 Å². The number of ether oxygens (including phenoxy) is 1. The lowest BCUT2D eigenvalue weighted by molar-refractivity contribution is -0.123. The molecule has 1 aliphatic rings. The van der Waals surface area contributed by atoms with Crippen molar-refractivity contribution < 1.29 is 23.8 Å². The number of nitrogens with one attached hydrogen (secondary N) is 2. The molecule has 210 valence electrons. The Morgan fingerprint density at radius 1 is 1.07 bits per heavy atom. The summed E-state index contributed by atoms with van der Waals surface area (Å²) in [6, 6.07) is 20.5. The molecule has 3 heterocycles. The molecule has 0 unspecified atom stereocenters. The van der Waals surface area contributed by atoms with Gasteiger partial charge in [-0.1, -0.05) is 45.0 Å². The molecule has 0 aliphatic carbocycles. The lowest BCUT2D eigenvalue weighted by Crippen LogP contribution is -2.30. The number of nitrogens with zero attached hydrogens (tertiary/aromatic N) is 2. The van der Waals surface area contributed by atoms with Gasteiger partial charge in [0.2, 0.25) is 5.91 Å². The Morgan fingerprint density at radius 2 is 1.83 bits per heavy atom. The van der Waals surface area contributed by atoms with Gasteiger partial charge in [-0.2, -0.15) is 0 Å². The molecule has 0 saturated carbocycles. The predicted octanol–water partition coefficient (Wildman–Crippen LogP) is 6.21. The minimum absolute atomic E-state index is 0.139. The molecule has 10 heteroatoms. The van der Waals surface area contributed by atoms with Gasteiger partial charge in [0, 0.05) is 28.9 Å². The SMILES string of the molecule is COc1cc(N2C(=S)N[C@@H](c3ccccn3)[C@H]2c2ccc(-c3ccccc3C(=O)O)o2)ccc1NC(=O)C(C)(C)C. The predicted molar refractivity (Wildman–Crippen MR) is 160 cm³/mol. The third-order valence-corrected chi connectivity index (χ3v) is 7.15. The number of aromatic carboxylic acids is 1. The van der Waals surface area contributed by atoms with Crippen molar-refractivity contribution in [1.82, 2.24) is 10.3 Å². The molecule has 4 aromatic rings. The van der Waals surface area contributed by atoms with Crippen molar-refractivity contribution in [1.29, 1.82) is 0 Å². The van der Waals surface area contributed by atoms with E-state index in [0.717, 1.165) is 5.69 Å². The Kier molecular flexibility index (Phi) is 7.51. The van der Waals surface area contributed by atoms with Crippen LogP contribution in [-0.2, 0) is 4.79 Å². The fourth-order valence-corrected chi connectivity index (χ4v) is 5.05. The van der Waals surface area contributed by atoms with Crippen molar-refractivity contribution in [2.75, 3.05) is 17.3 Å². The number of carboxylic acid groups (broad SMARTS) is 1. The number of anilines is 2. The molecule has 0 spiro atoms. The second-order valence-electron chi connectivity index (χ2n) is 10.6. The van der Waals surface area contributed by atoms with E-state index in [4.69, 9.17) is 21.4 Å². The highest BCUT2D eigenvalue weighted by Crippen LogP contribution is 2.44. The van der Waals surface area contributed by atoms with Crippen molar-refractivity contribution in [3.05, 3.63) is 96.0 Å². The van der Waals surface area contributed by atoms with E-state index >= 15 is 0 Å². The van der Waals surface area contributed by atoms with Crippen LogP contribution >= 0.6 is 12.2 Å². The quantitative estimate of drug-likeness (QED) is 0.223. The van der Waals surface area contributed by atoms with E-state index < -0.39 is 17.4 Å². The first kappa shape index (κ1) is 27.9. The number of hydrogen-bond acceptors (Lipinski definition) is 6. The third-order valence-electron chi connectivity index (χ3n) is 6.83. The largest absolute Gasteiger partial charge is 0.494 e. The van der Waals surface area contributed by atoms with Gasteiger partial charge in [-0.3, -0.25) is 9.78 Å². The number of methoxy groups -OCH3 is 1. The number of rotatable bonds is 7. The van der Waals surface area contributed by atoms with E-state index in [1.807, 2.05) is 62.1 Å². The first-order valence-electron chi connectivity index (χ1n) is 13.0. The molecule has 3 N–H and O–H groups in total. The van der Waals surface area contributed by atoms with Gasteiger partial charge in [-0.15, -0.1) is 0 Å². The van der Waals surface area contributed by atoms with Crippen LogP contribution < -0.4 is 20.3 Å². The van der Waals surface area contributed by atoms with Gasteiger partial charge in [0.1, 0.15) is 23.3 Å². The molecule has 9 nitrogen and oxygen atoms in total. The molecule has 1 saturated heterocycles. The minimum Gasteiger partial charge on any atom is -0.494 e. The summed E-state index contributed by atoms with van der Waals surface area (Å²) in [5.41, 5.74) is 2.04. The molecule has 2 aromatic carbocycles. The van der Waals surface area contributed by atoms with Gasteiger partial charge in [0.25, 0.3) is 0 Å². The summed E-state index contributed by atoms with van der Waals surface area (Å²) in [4.78, 5) is 31.0. The van der Waals surface area contributed by atoms with E-state index in [2.05, 4.69) is 15.6 Å². The number of carbonyl (C=O) groups excluding carboxylic acids is 1. The van der Waals surface area contributed by atoms with Gasteiger partial charge in [0.15, 0.2) is 5.11 Å². The summed E-state index contributed by atoms with van der Waals surface area (Å²) in [7, 11) is 1.54. The number of hydrogen-bond donors (Lipinski definition) is 3. The van der Waals surface area contributed by atoms with E-state index in [9.17, 15) is 14.7 Å². The number of benzene rings is 2. The number of amides is 1. The number of carboxylic acids is 1. The Hall–Kier alpha value is -4.70. The molecule has 2 atom stereocenters. The second kappa shape index (κ2) is 11.1. The molecule has 1 amide bonds. The zero-order chi connectivity index (χ0) is 29.3. The van der Waals surface area contributed by atoms with E-state index in [1.54, 1.807) is 49.7 Å². The van der Waals surface area contributed by atoms with Crippen LogP contribution in [0.1, 0.15) is 54.7 Å². The molecule has 1 fully saturated rings. The third kappa shape index (κ3) is 5.51. The molecule has 2 aromatic heterocycles. The fraction of sp³-hybridized carbons (Fsp3) is 0.226. The summed E-state index contributed by atoms with van der Waals surface area (Å²) >= 11 is 5.82. The molecule has 0 bridgehead atoms. The van der Waals surface area contributed by atoms with Gasteiger partial charge in [-0.25, -0.2) is 4.79 Å². The topological polar surface area (TPSA) is 117 Å². The number of thiocarbonyl (C=S) groups is 1. The number of carbonyl (C=O) groups is 2. The smallest absolute Gasteiger partial charge is 0.336 e.